The molecule has 21 heavy (non-hydrogen) atoms. The highest BCUT2D eigenvalue weighted by Crippen LogP contribution is 2.32. The molecule has 0 saturated heterocycles. The summed E-state index contributed by atoms with van der Waals surface area (Å²) >= 11 is 2.71. The Morgan fingerprint density at radius 2 is 2.05 bits per heavy atom. The van der Waals surface area contributed by atoms with Crippen molar-refractivity contribution in [3.63, 3.8) is 0 Å². The molecule has 0 fully saturated rings. The number of ether oxygens (including phenoxy) is 1. The number of halogens is 1. The summed E-state index contributed by atoms with van der Waals surface area (Å²) in [6, 6.07) is 0. The lowest BCUT2D eigenvalue weighted by Crippen LogP contribution is -2.17. The molecule has 2 aromatic rings. The van der Waals surface area contributed by atoms with E-state index in [1.807, 2.05) is 19.2 Å². The molecule has 0 unspecified atom stereocenters. The van der Waals surface area contributed by atoms with E-state index in [2.05, 4.69) is 14.7 Å². The zero-order chi connectivity index (χ0) is 16.0. The molecule has 0 bridgehead atoms. The van der Waals surface area contributed by atoms with Crippen LogP contribution in [-0.2, 0) is 11.2 Å². The van der Waals surface area contributed by atoms with Crippen LogP contribution in [0.2, 0.25) is 0 Å². The molecule has 2 aromatic heterocycles. The van der Waals surface area contributed by atoms with Crippen LogP contribution in [0.4, 0.5) is 4.39 Å². The summed E-state index contributed by atoms with van der Waals surface area (Å²) in [6.45, 7) is 6.94. The van der Waals surface area contributed by atoms with Crippen molar-refractivity contribution in [2.75, 3.05) is 7.11 Å². The highest BCUT2D eigenvalue weighted by molar-refractivity contribution is 7.20. The molecule has 0 aliphatic rings. The van der Waals surface area contributed by atoms with E-state index in [0.717, 1.165) is 5.01 Å². The minimum Gasteiger partial charge on any atom is -0.464 e. The summed E-state index contributed by atoms with van der Waals surface area (Å²) in [4.78, 5) is 20.6. The van der Waals surface area contributed by atoms with E-state index in [1.54, 1.807) is 6.20 Å². The molecule has 0 spiro atoms. The van der Waals surface area contributed by atoms with Crippen molar-refractivity contribution in [2.45, 2.75) is 39.8 Å². The predicted octanol–water partition coefficient (Wildman–Crippen LogP) is 4.37. The van der Waals surface area contributed by atoms with Crippen LogP contribution in [0.25, 0.3) is 10.0 Å². The lowest BCUT2D eigenvalue weighted by molar-refractivity contribution is 0.0593. The highest BCUT2D eigenvalue weighted by atomic mass is 32.1. The Labute approximate surface area is 132 Å². The van der Waals surface area contributed by atoms with Crippen LogP contribution < -0.4 is 0 Å². The number of esters is 1. The van der Waals surface area contributed by atoms with E-state index in [4.69, 9.17) is 0 Å². The van der Waals surface area contributed by atoms with E-state index >= 15 is 0 Å². The number of methoxy groups -OCH3 is 1. The number of hydrogen-bond donors (Lipinski definition) is 0. The fourth-order valence-electron chi connectivity index (χ4n) is 1.53. The lowest BCUT2D eigenvalue weighted by atomic mass is 10.1. The van der Waals surface area contributed by atoms with Gasteiger partial charge in [-0.3, -0.25) is 0 Å². The normalized spacial score (nSPS) is 10.8. The van der Waals surface area contributed by atoms with Gasteiger partial charge in [0.2, 0.25) is 0 Å². The van der Waals surface area contributed by atoms with Crippen molar-refractivity contribution in [3.05, 3.63) is 22.1 Å². The summed E-state index contributed by atoms with van der Waals surface area (Å²) in [5.41, 5.74) is -1.22. The van der Waals surface area contributed by atoms with Gasteiger partial charge < -0.3 is 4.74 Å². The molecule has 0 N–H and O–H groups in total. The van der Waals surface area contributed by atoms with Gasteiger partial charge in [0.05, 0.1) is 7.11 Å². The molecule has 0 atom stereocenters. The highest BCUT2D eigenvalue weighted by Gasteiger charge is 2.26. The maximum Gasteiger partial charge on any atom is 0.357 e. The number of rotatable bonds is 4. The first-order valence-electron chi connectivity index (χ1n) is 6.57. The zero-order valence-corrected chi connectivity index (χ0v) is 14.4. The second-order valence-electron chi connectivity index (χ2n) is 4.52. The third-order valence-electron chi connectivity index (χ3n) is 2.27. The lowest BCUT2D eigenvalue weighted by Gasteiger charge is -2.12. The number of carbonyl (C=O) groups excluding carboxylic acids is 1. The first-order chi connectivity index (χ1) is 9.90. The number of alkyl halides is 1. The molecular formula is C14H19FN2O2S2. The van der Waals surface area contributed by atoms with Crippen LogP contribution in [0, 0.1) is 0 Å². The Bertz CT molecular complexity index is 574. The van der Waals surface area contributed by atoms with Gasteiger partial charge in [-0.1, -0.05) is 13.8 Å². The summed E-state index contributed by atoms with van der Waals surface area (Å²) in [5, 5.41) is 3.17. The first kappa shape index (κ1) is 17.7. The fraction of sp³-hybridized carbons (Fsp3) is 0.500. The van der Waals surface area contributed by atoms with Gasteiger partial charge in [-0.2, -0.15) is 0 Å². The smallest absolute Gasteiger partial charge is 0.357 e. The predicted molar refractivity (Wildman–Crippen MR) is 84.8 cm³/mol. The summed E-state index contributed by atoms with van der Waals surface area (Å²) in [6.07, 6.45) is 1.79. The summed E-state index contributed by atoms with van der Waals surface area (Å²) < 4.78 is 18.5. The maximum absolute atomic E-state index is 13.8. The molecule has 2 rings (SSSR count). The molecule has 0 amide bonds. The average Bonchev–Trinajstić information content (AvgIpc) is 3.07. The van der Waals surface area contributed by atoms with E-state index in [9.17, 15) is 9.18 Å². The van der Waals surface area contributed by atoms with E-state index in [-0.39, 0.29) is 12.1 Å². The Morgan fingerprint density at radius 3 is 2.52 bits per heavy atom. The monoisotopic (exact) mass is 330 g/mol. The number of aromatic nitrogens is 2. The quantitative estimate of drug-likeness (QED) is 0.781. The van der Waals surface area contributed by atoms with E-state index < -0.39 is 11.6 Å². The molecule has 0 aliphatic heterocycles. The molecule has 0 aromatic carbocycles. The van der Waals surface area contributed by atoms with Crippen molar-refractivity contribution in [2.24, 2.45) is 0 Å². The van der Waals surface area contributed by atoms with Crippen molar-refractivity contribution in [1.29, 1.82) is 0 Å². The Hall–Kier alpha value is -1.34. The summed E-state index contributed by atoms with van der Waals surface area (Å²) in [7, 11) is 1.29. The van der Waals surface area contributed by atoms with Crippen molar-refractivity contribution < 1.29 is 13.9 Å². The van der Waals surface area contributed by atoms with Crippen molar-refractivity contribution in [3.8, 4) is 10.0 Å². The molecule has 2 heterocycles. The standard InChI is InChI=1S/C12H13FN2O2S2.C2H6/c1-12(2,13)6-7-8(11(16)17-3)15-10(19-7)9-14-4-5-18-9;1-2/h4-5H,6H2,1-3H3;1-2H3. The minimum atomic E-state index is -1.41. The van der Waals surface area contributed by atoms with Gasteiger partial charge in [0.25, 0.3) is 0 Å². The van der Waals surface area contributed by atoms with Crippen LogP contribution in [0.3, 0.4) is 0 Å². The molecule has 116 valence electrons. The van der Waals surface area contributed by atoms with Gasteiger partial charge in [0.15, 0.2) is 15.7 Å². The van der Waals surface area contributed by atoms with Gasteiger partial charge in [-0.05, 0) is 13.8 Å². The number of carbonyl (C=O) groups is 1. The average molecular weight is 330 g/mol. The van der Waals surface area contributed by atoms with Gasteiger partial charge in [-0.25, -0.2) is 19.2 Å². The van der Waals surface area contributed by atoms with Gasteiger partial charge >= 0.3 is 5.97 Å². The van der Waals surface area contributed by atoms with Gasteiger partial charge in [0.1, 0.15) is 5.67 Å². The largest absolute Gasteiger partial charge is 0.464 e. The Balaban J connectivity index is 0.00000106. The minimum absolute atomic E-state index is 0.125. The Kier molecular flexibility index (Phi) is 6.42. The Morgan fingerprint density at radius 1 is 1.38 bits per heavy atom. The number of nitrogens with zero attached hydrogens (tertiary/aromatic N) is 2. The van der Waals surface area contributed by atoms with Crippen LogP contribution >= 0.6 is 22.7 Å². The van der Waals surface area contributed by atoms with Crippen LogP contribution in [0.5, 0.6) is 0 Å². The van der Waals surface area contributed by atoms with Crippen molar-refractivity contribution in [1.82, 2.24) is 9.97 Å². The number of hydrogen-bond acceptors (Lipinski definition) is 6. The van der Waals surface area contributed by atoms with Crippen LogP contribution in [-0.4, -0.2) is 28.7 Å². The molecular weight excluding hydrogens is 311 g/mol. The van der Waals surface area contributed by atoms with Crippen molar-refractivity contribution >= 4 is 28.6 Å². The van der Waals surface area contributed by atoms with Gasteiger partial charge in [0, 0.05) is 22.9 Å². The maximum atomic E-state index is 13.8. The first-order valence-corrected chi connectivity index (χ1v) is 8.27. The SMILES string of the molecule is CC.COC(=O)c1nc(-c2nccs2)sc1CC(C)(C)F. The second kappa shape index (κ2) is 7.61. The van der Waals surface area contributed by atoms with E-state index in [1.165, 1.54) is 43.6 Å². The second-order valence-corrected chi connectivity index (χ2v) is 6.49. The van der Waals surface area contributed by atoms with Crippen LogP contribution in [0.15, 0.2) is 11.6 Å². The molecule has 0 aliphatic carbocycles. The molecule has 0 radical (unpaired) electrons. The molecule has 7 heteroatoms. The summed E-state index contributed by atoms with van der Waals surface area (Å²) in [5.74, 6) is -0.543. The van der Waals surface area contributed by atoms with E-state index in [0.29, 0.717) is 9.88 Å². The zero-order valence-electron chi connectivity index (χ0n) is 12.8. The van der Waals surface area contributed by atoms with Crippen LogP contribution in [0.1, 0.15) is 43.1 Å². The third kappa shape index (κ3) is 4.86. The molecule has 0 saturated carbocycles. The van der Waals surface area contributed by atoms with Gasteiger partial charge in [-0.15, -0.1) is 22.7 Å². The number of thiazole rings is 2. The fourth-order valence-corrected chi connectivity index (χ4v) is 3.47. The third-order valence-corrected chi connectivity index (χ3v) is 4.24. The topological polar surface area (TPSA) is 52.1 Å². The molecule has 4 nitrogen and oxygen atoms in total.